The molecule has 0 bridgehead atoms. The maximum atomic E-state index is 11.6. The standard InChI is InChI=1S/C5H10.C4H4F4/c1-2-4-5-3-1;5-3(6)1-2-4(3,7)8/h1-5H2;1-2H2. The molecule has 13 heavy (non-hydrogen) atoms. The lowest BCUT2D eigenvalue weighted by atomic mass is 9.90. The van der Waals surface area contributed by atoms with Crippen LogP contribution in [0.5, 0.6) is 0 Å². The fraction of sp³-hybridized carbons (Fsp3) is 1.00. The van der Waals surface area contributed by atoms with Gasteiger partial charge >= 0.3 is 11.8 Å². The van der Waals surface area contributed by atoms with Crippen LogP contribution >= 0.6 is 0 Å². The SMILES string of the molecule is C1CCCC1.FC1(F)CCC1(F)F. The molecule has 4 heteroatoms. The van der Waals surface area contributed by atoms with Crippen molar-refractivity contribution in [2.45, 2.75) is 56.8 Å². The van der Waals surface area contributed by atoms with Crippen LogP contribution in [0.3, 0.4) is 0 Å². The van der Waals surface area contributed by atoms with E-state index in [9.17, 15) is 17.6 Å². The Morgan fingerprint density at radius 1 is 0.538 bits per heavy atom. The van der Waals surface area contributed by atoms with Crippen LogP contribution in [0.4, 0.5) is 17.6 Å². The van der Waals surface area contributed by atoms with Gasteiger partial charge in [0.15, 0.2) is 0 Å². The Morgan fingerprint density at radius 2 is 0.769 bits per heavy atom. The monoisotopic (exact) mass is 198 g/mol. The summed E-state index contributed by atoms with van der Waals surface area (Å²) in [6, 6.07) is 0. The van der Waals surface area contributed by atoms with Gasteiger partial charge in [0.2, 0.25) is 0 Å². The summed E-state index contributed by atoms with van der Waals surface area (Å²) in [6.45, 7) is 0. The highest BCUT2D eigenvalue weighted by molar-refractivity contribution is 4.95. The first-order valence-corrected chi connectivity index (χ1v) is 4.71. The van der Waals surface area contributed by atoms with Gasteiger partial charge in [0.25, 0.3) is 0 Å². The van der Waals surface area contributed by atoms with Crippen LogP contribution in [0.25, 0.3) is 0 Å². The average molecular weight is 198 g/mol. The number of hydrogen-bond donors (Lipinski definition) is 0. The van der Waals surface area contributed by atoms with Gasteiger partial charge in [-0.05, 0) is 0 Å². The van der Waals surface area contributed by atoms with Gasteiger partial charge in [-0.15, -0.1) is 0 Å². The van der Waals surface area contributed by atoms with Crippen LogP contribution in [0, 0.1) is 0 Å². The van der Waals surface area contributed by atoms with Gasteiger partial charge in [0.05, 0.1) is 0 Å². The zero-order valence-electron chi connectivity index (χ0n) is 7.46. The molecule has 0 aromatic rings. The van der Waals surface area contributed by atoms with E-state index >= 15 is 0 Å². The van der Waals surface area contributed by atoms with Crippen molar-refractivity contribution in [2.75, 3.05) is 0 Å². The zero-order valence-corrected chi connectivity index (χ0v) is 7.46. The molecule has 0 N–H and O–H groups in total. The van der Waals surface area contributed by atoms with Crippen molar-refractivity contribution in [3.8, 4) is 0 Å². The van der Waals surface area contributed by atoms with Crippen molar-refractivity contribution >= 4 is 0 Å². The molecule has 78 valence electrons. The summed E-state index contributed by atoms with van der Waals surface area (Å²) < 4.78 is 46.3. The molecule has 0 amide bonds. The van der Waals surface area contributed by atoms with E-state index in [1.165, 1.54) is 32.1 Å². The Kier molecular flexibility index (Phi) is 3.19. The third-order valence-corrected chi connectivity index (χ3v) is 2.54. The van der Waals surface area contributed by atoms with Crippen LogP contribution in [0.15, 0.2) is 0 Å². The van der Waals surface area contributed by atoms with E-state index in [4.69, 9.17) is 0 Å². The molecule has 0 heterocycles. The van der Waals surface area contributed by atoms with E-state index in [2.05, 4.69) is 0 Å². The fourth-order valence-electron chi connectivity index (χ4n) is 1.39. The summed E-state index contributed by atoms with van der Waals surface area (Å²) >= 11 is 0. The van der Waals surface area contributed by atoms with E-state index < -0.39 is 24.7 Å². The van der Waals surface area contributed by atoms with Crippen LogP contribution in [0.2, 0.25) is 0 Å². The minimum Gasteiger partial charge on any atom is -0.200 e. The van der Waals surface area contributed by atoms with Crippen LogP contribution < -0.4 is 0 Å². The second-order valence-electron chi connectivity index (χ2n) is 3.68. The summed E-state index contributed by atoms with van der Waals surface area (Å²) in [5, 5.41) is 0. The van der Waals surface area contributed by atoms with Crippen molar-refractivity contribution in [3.05, 3.63) is 0 Å². The molecule has 2 aliphatic rings. The van der Waals surface area contributed by atoms with Gasteiger partial charge in [-0.25, -0.2) is 0 Å². The van der Waals surface area contributed by atoms with Crippen LogP contribution in [-0.2, 0) is 0 Å². The summed E-state index contributed by atoms with van der Waals surface area (Å²) in [4.78, 5) is 0. The second kappa shape index (κ2) is 3.84. The normalized spacial score (nSPS) is 28.6. The van der Waals surface area contributed by atoms with E-state index in [-0.39, 0.29) is 0 Å². The molecule has 0 aromatic heterocycles. The minimum absolute atomic E-state index is 0.667. The van der Waals surface area contributed by atoms with E-state index in [1.54, 1.807) is 0 Å². The van der Waals surface area contributed by atoms with Crippen LogP contribution in [0.1, 0.15) is 44.9 Å². The highest BCUT2D eigenvalue weighted by Crippen LogP contribution is 2.50. The zero-order chi connectivity index (χ0) is 9.95. The highest BCUT2D eigenvalue weighted by atomic mass is 19.3. The molecule has 0 unspecified atom stereocenters. The molecule has 2 saturated carbocycles. The number of alkyl halides is 4. The molecular formula is C9H14F4. The second-order valence-corrected chi connectivity index (χ2v) is 3.68. The number of rotatable bonds is 0. The van der Waals surface area contributed by atoms with Crippen LogP contribution in [-0.4, -0.2) is 11.8 Å². The number of halogens is 4. The molecular weight excluding hydrogens is 184 g/mol. The molecule has 2 fully saturated rings. The summed E-state index contributed by atoms with van der Waals surface area (Å²) in [5.74, 6) is -7.43. The highest BCUT2D eigenvalue weighted by Gasteiger charge is 2.64. The Morgan fingerprint density at radius 3 is 0.846 bits per heavy atom. The summed E-state index contributed by atoms with van der Waals surface area (Å²) in [6.07, 6.45) is 6.17. The molecule has 0 atom stereocenters. The molecule has 0 nitrogen and oxygen atoms in total. The Bertz CT molecular complexity index is 139. The number of hydrogen-bond acceptors (Lipinski definition) is 0. The lowest BCUT2D eigenvalue weighted by Gasteiger charge is -2.35. The van der Waals surface area contributed by atoms with Crippen molar-refractivity contribution < 1.29 is 17.6 Å². The molecule has 0 saturated heterocycles. The summed E-state index contributed by atoms with van der Waals surface area (Å²) in [7, 11) is 0. The van der Waals surface area contributed by atoms with Gasteiger partial charge in [-0.1, -0.05) is 32.1 Å². The van der Waals surface area contributed by atoms with Gasteiger partial charge in [-0.3, -0.25) is 0 Å². The lowest BCUT2D eigenvalue weighted by Crippen LogP contribution is -2.50. The van der Waals surface area contributed by atoms with Gasteiger partial charge in [0, 0.05) is 12.8 Å². The molecule has 0 radical (unpaired) electrons. The first-order chi connectivity index (χ1) is 5.96. The van der Waals surface area contributed by atoms with E-state index in [0.717, 1.165) is 0 Å². The first-order valence-electron chi connectivity index (χ1n) is 4.71. The Balaban J connectivity index is 0.000000145. The average Bonchev–Trinajstić information content (AvgIpc) is 2.59. The predicted molar refractivity (Wildman–Crippen MR) is 42.2 cm³/mol. The van der Waals surface area contributed by atoms with Crippen molar-refractivity contribution in [1.82, 2.24) is 0 Å². The quantitative estimate of drug-likeness (QED) is 0.516. The van der Waals surface area contributed by atoms with E-state index in [1.807, 2.05) is 0 Å². The molecule has 2 rings (SSSR count). The lowest BCUT2D eigenvalue weighted by molar-refractivity contribution is -0.275. The first kappa shape index (κ1) is 10.8. The largest absolute Gasteiger partial charge is 0.310 e. The smallest absolute Gasteiger partial charge is 0.200 e. The topological polar surface area (TPSA) is 0 Å². The molecule has 2 aliphatic carbocycles. The third-order valence-electron chi connectivity index (χ3n) is 2.54. The van der Waals surface area contributed by atoms with Crippen molar-refractivity contribution in [2.24, 2.45) is 0 Å². The molecule has 0 aromatic carbocycles. The Hall–Kier alpha value is -0.280. The van der Waals surface area contributed by atoms with Gasteiger partial charge in [-0.2, -0.15) is 17.6 Å². The van der Waals surface area contributed by atoms with E-state index in [0.29, 0.717) is 0 Å². The van der Waals surface area contributed by atoms with Gasteiger partial charge in [0.1, 0.15) is 0 Å². The third kappa shape index (κ3) is 2.58. The Labute approximate surface area is 75.3 Å². The molecule has 0 aliphatic heterocycles. The summed E-state index contributed by atoms with van der Waals surface area (Å²) in [5.41, 5.74) is 0. The van der Waals surface area contributed by atoms with Crippen molar-refractivity contribution in [3.63, 3.8) is 0 Å². The van der Waals surface area contributed by atoms with Crippen molar-refractivity contribution in [1.29, 1.82) is 0 Å². The predicted octanol–water partition coefficient (Wildman–Crippen LogP) is 4.00. The maximum absolute atomic E-state index is 11.6. The minimum atomic E-state index is -3.72. The molecule has 0 spiro atoms. The van der Waals surface area contributed by atoms with Gasteiger partial charge < -0.3 is 0 Å². The maximum Gasteiger partial charge on any atom is 0.310 e. The fourth-order valence-corrected chi connectivity index (χ4v) is 1.39.